The number of aryl methyl sites for hydroxylation is 2. The second-order valence-corrected chi connectivity index (χ2v) is 13.4. The van der Waals surface area contributed by atoms with E-state index in [4.69, 9.17) is 4.55 Å². The molecule has 3 aromatic carbocycles. The summed E-state index contributed by atoms with van der Waals surface area (Å²) in [5.41, 5.74) is 7.16. The van der Waals surface area contributed by atoms with Crippen LogP contribution in [0.5, 0.6) is 0 Å². The lowest BCUT2D eigenvalue weighted by Crippen LogP contribution is -2.32. The van der Waals surface area contributed by atoms with Crippen molar-refractivity contribution in [2.24, 2.45) is 0 Å². The highest BCUT2D eigenvalue weighted by Crippen LogP contribution is 2.18. The molecular formula is C39H43N5O5S. The number of carbonyl (C=O) groups is 2. The quantitative estimate of drug-likeness (QED) is 0.0959. The van der Waals surface area contributed by atoms with Gasteiger partial charge >= 0.3 is 0 Å². The van der Waals surface area contributed by atoms with Crippen molar-refractivity contribution in [3.8, 4) is 5.82 Å². The average Bonchev–Trinajstić information content (AvgIpc) is 3.46. The van der Waals surface area contributed by atoms with E-state index in [-0.39, 0.29) is 30.8 Å². The molecule has 0 spiro atoms. The summed E-state index contributed by atoms with van der Waals surface area (Å²) in [5.74, 6) is 0.488. The van der Waals surface area contributed by atoms with Crippen LogP contribution in [0.4, 0.5) is 0 Å². The Kier molecular flexibility index (Phi) is 12.5. The Morgan fingerprint density at radius 1 is 0.820 bits per heavy atom. The highest BCUT2D eigenvalue weighted by atomic mass is 32.2. The third-order valence-corrected chi connectivity index (χ3v) is 9.17. The van der Waals surface area contributed by atoms with Gasteiger partial charge in [-0.15, -0.1) is 0 Å². The van der Waals surface area contributed by atoms with Gasteiger partial charge in [0.05, 0.1) is 17.4 Å². The predicted octanol–water partition coefficient (Wildman–Crippen LogP) is 5.11. The van der Waals surface area contributed by atoms with Crippen molar-refractivity contribution in [1.29, 1.82) is 0 Å². The van der Waals surface area contributed by atoms with E-state index < -0.39 is 17.2 Å². The molecule has 10 nitrogen and oxygen atoms in total. The number of benzene rings is 3. The summed E-state index contributed by atoms with van der Waals surface area (Å²) in [7, 11) is 0. The van der Waals surface area contributed by atoms with Gasteiger partial charge in [-0.2, -0.15) is 0 Å². The molecule has 2 unspecified atom stereocenters. The molecular weight excluding hydrogens is 651 g/mol. The van der Waals surface area contributed by atoms with E-state index in [1.807, 2.05) is 62.4 Å². The van der Waals surface area contributed by atoms with Crippen LogP contribution in [0.25, 0.3) is 5.82 Å². The first-order chi connectivity index (χ1) is 24.0. The lowest BCUT2D eigenvalue weighted by molar-refractivity contribution is -0.120. The van der Waals surface area contributed by atoms with Crippen LogP contribution < -0.4 is 16.0 Å². The van der Waals surface area contributed by atoms with E-state index in [1.165, 1.54) is 0 Å². The molecule has 0 bridgehead atoms. The number of nitrogens with one attached hydrogen (secondary N) is 3. The molecule has 0 aliphatic rings. The largest absolute Gasteiger partial charge is 0.387 e. The molecule has 0 fully saturated rings. The van der Waals surface area contributed by atoms with E-state index in [1.54, 1.807) is 42.6 Å². The van der Waals surface area contributed by atoms with Crippen LogP contribution in [-0.2, 0) is 41.8 Å². The van der Waals surface area contributed by atoms with Crippen molar-refractivity contribution in [3.05, 3.63) is 148 Å². The number of carbonyl (C=O) groups excluding carboxylic acids is 2. The zero-order valence-electron chi connectivity index (χ0n) is 28.4. The second kappa shape index (κ2) is 17.1. The minimum absolute atomic E-state index is 0.0997. The molecule has 50 heavy (non-hydrogen) atoms. The second-order valence-electron chi connectivity index (χ2n) is 12.5. The van der Waals surface area contributed by atoms with Gasteiger partial charge in [-0.3, -0.25) is 9.59 Å². The lowest BCUT2D eigenvalue weighted by Gasteiger charge is -2.18. The number of pyridine rings is 1. The van der Waals surface area contributed by atoms with Crippen LogP contribution in [0, 0.1) is 13.8 Å². The van der Waals surface area contributed by atoms with E-state index in [0.717, 1.165) is 51.4 Å². The van der Waals surface area contributed by atoms with Gasteiger partial charge in [0, 0.05) is 54.4 Å². The molecule has 0 aliphatic carbocycles. The number of hydrogen-bond acceptors (Lipinski definition) is 6. The van der Waals surface area contributed by atoms with Crippen LogP contribution in [0.15, 0.2) is 108 Å². The SMILES string of the molecule is Cc1ccc(C)n1-c1ccc([C@@H](O)CNC(C)Cc2cccc(CC(=O)NCc3ccc(C(=O)NCc4ccc(S(=O)O)cc4)cc3)c2)cn1. The summed E-state index contributed by atoms with van der Waals surface area (Å²) in [6, 6.07) is 29.6. The van der Waals surface area contributed by atoms with Gasteiger partial charge in [-0.25, -0.2) is 9.19 Å². The van der Waals surface area contributed by atoms with Crippen molar-refractivity contribution in [3.63, 3.8) is 0 Å². The molecule has 2 amide bonds. The number of amides is 2. The van der Waals surface area contributed by atoms with Gasteiger partial charge in [0.1, 0.15) is 5.82 Å². The molecule has 2 aromatic heterocycles. The van der Waals surface area contributed by atoms with Crippen molar-refractivity contribution in [1.82, 2.24) is 25.5 Å². The summed E-state index contributed by atoms with van der Waals surface area (Å²) >= 11 is -2.04. The third kappa shape index (κ3) is 10.1. The first kappa shape index (κ1) is 36.3. The molecule has 260 valence electrons. The van der Waals surface area contributed by atoms with Crippen LogP contribution in [0.1, 0.15) is 62.6 Å². The molecule has 3 atom stereocenters. The van der Waals surface area contributed by atoms with Crippen molar-refractivity contribution < 1.29 is 23.5 Å². The zero-order valence-corrected chi connectivity index (χ0v) is 29.2. The minimum atomic E-state index is -2.04. The van der Waals surface area contributed by atoms with E-state index >= 15 is 0 Å². The molecule has 2 heterocycles. The van der Waals surface area contributed by atoms with Crippen LogP contribution in [-0.4, -0.2) is 47.8 Å². The Bertz CT molecular complexity index is 1900. The van der Waals surface area contributed by atoms with Crippen LogP contribution in [0.3, 0.4) is 0 Å². The third-order valence-electron chi connectivity index (χ3n) is 8.50. The summed E-state index contributed by atoms with van der Waals surface area (Å²) in [6.45, 7) is 7.17. The maximum Gasteiger partial charge on any atom is 0.251 e. The number of rotatable bonds is 15. The summed E-state index contributed by atoms with van der Waals surface area (Å²) in [4.78, 5) is 30.2. The molecule has 0 saturated carbocycles. The van der Waals surface area contributed by atoms with Crippen LogP contribution in [0.2, 0.25) is 0 Å². The standard InChI is InChI=1S/C39H43N5O5S/c1-26(40-25-36(45)34-15-18-37(41-24-34)44-27(2)7-8-28(44)3)19-31-5-4-6-32(20-31)21-38(46)42-22-29-9-13-33(14-10-29)39(47)43-23-30-11-16-35(17-12-30)50(48)49/h4-18,20,24,26,36,40,45H,19,21-23,25H2,1-3H3,(H,42,46)(H,43,47)(H,48,49)/t26?,36-/m0/s1. The number of hydrogen-bond donors (Lipinski definition) is 5. The number of aliphatic hydroxyl groups excluding tert-OH is 1. The maximum absolute atomic E-state index is 12.8. The fraction of sp³-hybridized carbons (Fsp3) is 0.256. The highest BCUT2D eigenvalue weighted by molar-refractivity contribution is 7.79. The molecule has 5 rings (SSSR count). The maximum atomic E-state index is 12.8. The molecule has 5 N–H and O–H groups in total. The Labute approximate surface area is 295 Å². The van der Waals surface area contributed by atoms with Crippen molar-refractivity contribution in [2.75, 3.05) is 6.54 Å². The molecule has 11 heteroatoms. The number of aliphatic hydroxyl groups is 1. The monoisotopic (exact) mass is 693 g/mol. The zero-order chi connectivity index (χ0) is 35.6. The van der Waals surface area contributed by atoms with Crippen molar-refractivity contribution in [2.45, 2.75) is 63.7 Å². The molecule has 0 radical (unpaired) electrons. The van der Waals surface area contributed by atoms with Gasteiger partial charge < -0.3 is 30.2 Å². The minimum Gasteiger partial charge on any atom is -0.387 e. The Hall–Kier alpha value is -4.94. The van der Waals surface area contributed by atoms with Crippen LogP contribution >= 0.6 is 0 Å². The van der Waals surface area contributed by atoms with Gasteiger partial charge in [0.25, 0.3) is 5.91 Å². The first-order valence-electron chi connectivity index (χ1n) is 16.5. The van der Waals surface area contributed by atoms with Gasteiger partial charge in [0.2, 0.25) is 5.91 Å². The summed E-state index contributed by atoms with van der Waals surface area (Å²) in [6.07, 6.45) is 2.02. The number of aromatic nitrogens is 2. The van der Waals surface area contributed by atoms with Gasteiger partial charge in [0.15, 0.2) is 11.1 Å². The van der Waals surface area contributed by atoms with E-state index in [0.29, 0.717) is 23.5 Å². The predicted molar refractivity (Wildman–Crippen MR) is 194 cm³/mol. The first-order valence-corrected chi connectivity index (χ1v) is 17.6. The van der Waals surface area contributed by atoms with Crippen molar-refractivity contribution >= 4 is 22.9 Å². The fourth-order valence-electron chi connectivity index (χ4n) is 5.71. The average molecular weight is 694 g/mol. The Morgan fingerprint density at radius 2 is 1.46 bits per heavy atom. The lowest BCUT2D eigenvalue weighted by atomic mass is 10.0. The fourth-order valence-corrected chi connectivity index (χ4v) is 6.08. The molecule has 5 aromatic rings. The highest BCUT2D eigenvalue weighted by Gasteiger charge is 2.13. The summed E-state index contributed by atoms with van der Waals surface area (Å²) in [5, 5.41) is 20.0. The Balaban J connectivity index is 1.03. The molecule has 0 aliphatic heterocycles. The molecule has 0 saturated heterocycles. The number of nitrogens with zero attached hydrogens (tertiary/aromatic N) is 2. The summed E-state index contributed by atoms with van der Waals surface area (Å²) < 4.78 is 22.3. The smallest absolute Gasteiger partial charge is 0.251 e. The van der Waals surface area contributed by atoms with E-state index in [2.05, 4.69) is 44.6 Å². The Morgan fingerprint density at radius 3 is 2.10 bits per heavy atom. The van der Waals surface area contributed by atoms with Gasteiger partial charge in [-0.05, 0) is 91.9 Å². The van der Waals surface area contributed by atoms with E-state index in [9.17, 15) is 18.9 Å². The topological polar surface area (TPSA) is 146 Å². The van der Waals surface area contributed by atoms with Gasteiger partial charge in [-0.1, -0.05) is 54.6 Å². The normalized spacial score (nSPS) is 13.0.